The summed E-state index contributed by atoms with van der Waals surface area (Å²) in [6, 6.07) is 18.4. The zero-order valence-corrected chi connectivity index (χ0v) is 12.7. The molecule has 4 N–H and O–H groups in total. The van der Waals surface area contributed by atoms with Gasteiger partial charge < -0.3 is 11.5 Å². The molecule has 0 amide bonds. The van der Waals surface area contributed by atoms with Crippen LogP contribution in [0.4, 0.5) is 11.4 Å². The van der Waals surface area contributed by atoms with Gasteiger partial charge in [-0.3, -0.25) is 0 Å². The second-order valence-electron chi connectivity index (χ2n) is 4.02. The maximum Gasteiger partial charge on any atom is 0.197 e. The van der Waals surface area contributed by atoms with Gasteiger partial charge in [0.15, 0.2) is 10.2 Å². The van der Waals surface area contributed by atoms with Gasteiger partial charge in [-0.05, 0) is 48.7 Å². The molecule has 0 atom stereocenters. The summed E-state index contributed by atoms with van der Waals surface area (Å²) in [7, 11) is 0. The highest BCUT2D eigenvalue weighted by atomic mass is 32.1. The van der Waals surface area contributed by atoms with Gasteiger partial charge in [-0.15, -0.1) is 4.94 Å². The molecule has 5 nitrogen and oxygen atoms in total. The molecule has 7 heteroatoms. The van der Waals surface area contributed by atoms with E-state index in [0.29, 0.717) is 11.4 Å². The molecule has 0 aromatic heterocycles. The Morgan fingerprint density at radius 2 is 1.05 bits per heavy atom. The Morgan fingerprint density at radius 3 is 1.33 bits per heavy atom. The lowest BCUT2D eigenvalue weighted by Crippen LogP contribution is -2.46. The first-order valence-corrected chi connectivity index (χ1v) is 6.88. The summed E-state index contributed by atoms with van der Waals surface area (Å²) in [4.78, 5) is 5.68. The van der Waals surface area contributed by atoms with Crippen molar-refractivity contribution in [1.29, 1.82) is 0 Å². The zero-order chi connectivity index (χ0) is 15.2. The van der Waals surface area contributed by atoms with E-state index >= 15 is 0 Å². The van der Waals surface area contributed by atoms with Crippen LogP contribution in [-0.4, -0.2) is 10.2 Å². The molecule has 0 heterocycles. The predicted octanol–water partition coefficient (Wildman–Crippen LogP) is 2.33. The number of nitrogens with zero attached hydrogens (tertiary/aromatic N) is 2. The molecule has 108 valence electrons. The average Bonchev–Trinajstić information content (AvgIpc) is 2.49. The summed E-state index contributed by atoms with van der Waals surface area (Å²) in [5, 5.41) is 2.64. The van der Waals surface area contributed by atoms with Gasteiger partial charge in [0.05, 0.1) is 11.4 Å². The van der Waals surface area contributed by atoms with E-state index in [-0.39, 0.29) is 10.2 Å². The van der Waals surface area contributed by atoms with Crippen LogP contribution < -0.4 is 21.6 Å². The van der Waals surface area contributed by atoms with E-state index in [1.54, 1.807) is 0 Å². The van der Waals surface area contributed by atoms with Crippen molar-refractivity contribution in [3.05, 3.63) is 60.7 Å². The molecule has 2 rings (SSSR count). The molecular weight excluding hydrogens is 304 g/mol. The Bertz CT molecular complexity index is 566. The zero-order valence-electron chi connectivity index (χ0n) is 11.0. The molecule has 0 radical (unpaired) electrons. The van der Waals surface area contributed by atoms with E-state index in [2.05, 4.69) is 0 Å². The van der Waals surface area contributed by atoms with Gasteiger partial charge in [-0.25, -0.2) is 0 Å². The number of benzene rings is 2. The van der Waals surface area contributed by atoms with E-state index < -0.39 is 0 Å². The Hall–Kier alpha value is -2.22. The molecule has 0 saturated heterocycles. The van der Waals surface area contributed by atoms with Crippen LogP contribution in [0, 0.1) is 0 Å². The first kappa shape index (κ1) is 15.2. The van der Waals surface area contributed by atoms with E-state index in [1.165, 1.54) is 10.1 Å². The van der Waals surface area contributed by atoms with Crippen molar-refractivity contribution in [2.24, 2.45) is 11.5 Å². The van der Waals surface area contributed by atoms with Gasteiger partial charge >= 0.3 is 0 Å². The van der Waals surface area contributed by atoms with Crippen molar-refractivity contribution in [3.63, 3.8) is 0 Å². The van der Waals surface area contributed by atoms with Gasteiger partial charge in [0, 0.05) is 0 Å². The van der Waals surface area contributed by atoms with Crippen LogP contribution in [0.1, 0.15) is 0 Å². The van der Waals surface area contributed by atoms with Gasteiger partial charge in [-0.1, -0.05) is 36.4 Å². The molecule has 0 spiro atoms. The number of hydroxylamine groups is 2. The van der Waals surface area contributed by atoms with E-state index in [9.17, 15) is 0 Å². The Kier molecular flexibility index (Phi) is 5.04. The lowest BCUT2D eigenvalue weighted by atomic mass is 10.3. The number of hydrogen-bond acceptors (Lipinski definition) is 3. The number of hydrogen-bond donors (Lipinski definition) is 2. The van der Waals surface area contributed by atoms with E-state index in [1.807, 2.05) is 60.7 Å². The highest BCUT2D eigenvalue weighted by molar-refractivity contribution is 7.80. The van der Waals surface area contributed by atoms with Crippen LogP contribution in [0.25, 0.3) is 0 Å². The average molecular weight is 318 g/mol. The number of anilines is 2. The van der Waals surface area contributed by atoms with Crippen LogP contribution in [-0.2, 0) is 4.94 Å². The highest BCUT2D eigenvalue weighted by Crippen LogP contribution is 2.19. The molecule has 0 aliphatic rings. The lowest BCUT2D eigenvalue weighted by Gasteiger charge is -2.29. The van der Waals surface area contributed by atoms with Crippen molar-refractivity contribution in [2.75, 3.05) is 10.1 Å². The van der Waals surface area contributed by atoms with Crippen molar-refractivity contribution in [1.82, 2.24) is 0 Å². The second kappa shape index (κ2) is 6.98. The minimum Gasteiger partial charge on any atom is -0.374 e. The first-order valence-electron chi connectivity index (χ1n) is 6.07. The highest BCUT2D eigenvalue weighted by Gasteiger charge is 2.18. The monoisotopic (exact) mass is 318 g/mol. The van der Waals surface area contributed by atoms with Crippen molar-refractivity contribution >= 4 is 46.0 Å². The number of para-hydroxylation sites is 2. The van der Waals surface area contributed by atoms with Crippen LogP contribution in [0.2, 0.25) is 0 Å². The molecule has 0 aliphatic heterocycles. The van der Waals surface area contributed by atoms with Crippen molar-refractivity contribution in [2.45, 2.75) is 0 Å². The summed E-state index contributed by atoms with van der Waals surface area (Å²) in [6.45, 7) is 0. The molecule has 0 fully saturated rings. The standard InChI is InChI=1S/C14H14N4OS2/c15-13(20)17(11-7-3-1-4-8-11)19-18(14(16)21)12-9-5-2-6-10-12/h1-10H,(H2,15,20)(H2,16,21). The van der Waals surface area contributed by atoms with E-state index in [4.69, 9.17) is 40.8 Å². The molecule has 2 aromatic rings. The third-order valence-electron chi connectivity index (χ3n) is 2.55. The summed E-state index contributed by atoms with van der Waals surface area (Å²) in [6.07, 6.45) is 0. The minimum atomic E-state index is 0.0402. The first-order chi connectivity index (χ1) is 10.1. The minimum absolute atomic E-state index is 0.0402. The summed E-state index contributed by atoms with van der Waals surface area (Å²) < 4.78 is 0. The molecule has 0 bridgehead atoms. The van der Waals surface area contributed by atoms with Crippen LogP contribution in [0.15, 0.2) is 60.7 Å². The number of thiocarbonyl (C=S) groups is 2. The van der Waals surface area contributed by atoms with Gasteiger partial charge in [0.25, 0.3) is 0 Å². The molecule has 0 saturated carbocycles. The Labute approximate surface area is 133 Å². The Morgan fingerprint density at radius 1 is 0.714 bits per heavy atom. The molecule has 2 aromatic carbocycles. The summed E-state index contributed by atoms with van der Waals surface area (Å²) in [5.41, 5.74) is 12.8. The maximum absolute atomic E-state index is 5.72. The summed E-state index contributed by atoms with van der Waals surface area (Å²) >= 11 is 10.0. The molecule has 0 aliphatic carbocycles. The number of nitrogens with two attached hydrogens (primary N) is 2. The third kappa shape index (κ3) is 3.88. The SMILES string of the molecule is NC(=S)N(ON(C(N)=S)c1ccccc1)c1ccccc1. The summed E-state index contributed by atoms with van der Waals surface area (Å²) in [5.74, 6) is 0. The topological polar surface area (TPSA) is 67.8 Å². The fourth-order valence-corrected chi connectivity index (χ4v) is 1.92. The van der Waals surface area contributed by atoms with Crippen molar-refractivity contribution in [3.8, 4) is 0 Å². The lowest BCUT2D eigenvalue weighted by molar-refractivity contribution is 0.153. The maximum atomic E-state index is 5.72. The van der Waals surface area contributed by atoms with Crippen LogP contribution in [0.5, 0.6) is 0 Å². The predicted molar refractivity (Wildman–Crippen MR) is 92.5 cm³/mol. The largest absolute Gasteiger partial charge is 0.374 e. The quantitative estimate of drug-likeness (QED) is 0.662. The fourth-order valence-electron chi connectivity index (χ4n) is 1.64. The third-order valence-corrected chi connectivity index (χ3v) is 2.88. The molecule has 0 unspecified atom stereocenters. The normalized spacial score (nSPS) is 9.90. The molecule has 21 heavy (non-hydrogen) atoms. The smallest absolute Gasteiger partial charge is 0.197 e. The van der Waals surface area contributed by atoms with Crippen molar-refractivity contribution < 1.29 is 4.94 Å². The Balaban J connectivity index is 2.30. The van der Waals surface area contributed by atoms with Crippen LogP contribution in [0.3, 0.4) is 0 Å². The van der Waals surface area contributed by atoms with Gasteiger partial charge in [-0.2, -0.15) is 10.1 Å². The molecular formula is C14H14N4OS2. The van der Waals surface area contributed by atoms with Gasteiger partial charge in [0.1, 0.15) is 0 Å². The van der Waals surface area contributed by atoms with Gasteiger partial charge in [0.2, 0.25) is 0 Å². The second-order valence-corrected chi connectivity index (χ2v) is 4.85. The van der Waals surface area contributed by atoms with E-state index in [0.717, 1.165) is 0 Å². The van der Waals surface area contributed by atoms with Crippen LogP contribution >= 0.6 is 24.4 Å². The fraction of sp³-hybridized carbons (Fsp3) is 0. The number of rotatable bonds is 4.